The maximum Gasteiger partial charge on any atom is 0.118 e. The molecule has 0 bridgehead atoms. The van der Waals surface area contributed by atoms with E-state index in [1.807, 2.05) is 31.3 Å². The molecule has 2 aromatic rings. The summed E-state index contributed by atoms with van der Waals surface area (Å²) in [6, 6.07) is 8.27. The molecule has 0 amide bonds. The van der Waals surface area contributed by atoms with E-state index in [2.05, 4.69) is 22.6 Å². The summed E-state index contributed by atoms with van der Waals surface area (Å²) in [6.45, 7) is 2.11. The maximum absolute atomic E-state index is 5.14. The highest BCUT2D eigenvalue weighted by Crippen LogP contribution is 2.26. The van der Waals surface area contributed by atoms with Crippen LogP contribution in [0.1, 0.15) is 18.0 Å². The number of aromatic nitrogens is 1. The molecule has 17 heavy (non-hydrogen) atoms. The lowest BCUT2D eigenvalue weighted by Crippen LogP contribution is -2.11. The number of thiazole rings is 1. The molecule has 1 atom stereocenters. The summed E-state index contributed by atoms with van der Waals surface area (Å²) in [5.41, 5.74) is 2.14. The van der Waals surface area contributed by atoms with Crippen LogP contribution in [0.25, 0.3) is 11.3 Å². The van der Waals surface area contributed by atoms with Gasteiger partial charge in [-0.15, -0.1) is 11.3 Å². The lowest BCUT2D eigenvalue weighted by molar-refractivity contribution is 0.415. The molecule has 1 unspecified atom stereocenters. The second kappa shape index (κ2) is 5.29. The Balaban J connectivity index is 2.24. The van der Waals surface area contributed by atoms with Crippen molar-refractivity contribution in [3.8, 4) is 17.0 Å². The SMILES string of the molecule is CNC(C)c1nc(-c2ccc(OC)cc2)cs1. The molecule has 0 saturated carbocycles. The van der Waals surface area contributed by atoms with E-state index in [-0.39, 0.29) is 0 Å². The summed E-state index contributed by atoms with van der Waals surface area (Å²) in [5, 5.41) is 6.39. The lowest BCUT2D eigenvalue weighted by Gasteiger charge is -2.04. The average Bonchev–Trinajstić information content (AvgIpc) is 2.87. The molecule has 0 aliphatic carbocycles. The van der Waals surface area contributed by atoms with Gasteiger partial charge in [0.1, 0.15) is 10.8 Å². The number of benzene rings is 1. The fraction of sp³-hybridized carbons (Fsp3) is 0.308. The molecule has 90 valence electrons. The molecule has 0 aliphatic heterocycles. The van der Waals surface area contributed by atoms with Gasteiger partial charge >= 0.3 is 0 Å². The first-order valence-corrected chi connectivity index (χ1v) is 6.39. The predicted molar refractivity (Wildman–Crippen MR) is 71.6 cm³/mol. The molecule has 0 spiro atoms. The van der Waals surface area contributed by atoms with Crippen molar-refractivity contribution in [2.45, 2.75) is 13.0 Å². The van der Waals surface area contributed by atoms with Gasteiger partial charge in [0.05, 0.1) is 18.8 Å². The van der Waals surface area contributed by atoms with E-state index < -0.39 is 0 Å². The van der Waals surface area contributed by atoms with Gasteiger partial charge in [-0.2, -0.15) is 0 Å². The van der Waals surface area contributed by atoms with Crippen LogP contribution in [0.15, 0.2) is 29.6 Å². The highest BCUT2D eigenvalue weighted by molar-refractivity contribution is 7.10. The minimum atomic E-state index is 0.298. The van der Waals surface area contributed by atoms with Crippen molar-refractivity contribution in [2.24, 2.45) is 0 Å². The minimum absolute atomic E-state index is 0.298. The number of nitrogens with one attached hydrogen (secondary N) is 1. The van der Waals surface area contributed by atoms with Crippen molar-refractivity contribution in [3.63, 3.8) is 0 Å². The van der Waals surface area contributed by atoms with E-state index in [9.17, 15) is 0 Å². The normalized spacial score (nSPS) is 12.4. The monoisotopic (exact) mass is 248 g/mol. The van der Waals surface area contributed by atoms with Crippen molar-refractivity contribution >= 4 is 11.3 Å². The number of rotatable bonds is 4. The molecule has 4 heteroatoms. The molecule has 1 N–H and O–H groups in total. The molecule has 1 aromatic heterocycles. The summed E-state index contributed by atoms with van der Waals surface area (Å²) in [4.78, 5) is 4.62. The Kier molecular flexibility index (Phi) is 3.76. The van der Waals surface area contributed by atoms with Crippen molar-refractivity contribution in [1.82, 2.24) is 10.3 Å². The van der Waals surface area contributed by atoms with Crippen LogP contribution in [-0.4, -0.2) is 19.1 Å². The zero-order valence-corrected chi connectivity index (χ0v) is 11.0. The van der Waals surface area contributed by atoms with Gasteiger partial charge < -0.3 is 10.1 Å². The first kappa shape index (κ1) is 12.1. The first-order chi connectivity index (χ1) is 8.24. The van der Waals surface area contributed by atoms with E-state index in [1.165, 1.54) is 0 Å². The first-order valence-electron chi connectivity index (χ1n) is 5.51. The highest BCUT2D eigenvalue weighted by atomic mass is 32.1. The Morgan fingerprint density at radius 3 is 2.59 bits per heavy atom. The van der Waals surface area contributed by atoms with Gasteiger partial charge in [-0.05, 0) is 38.2 Å². The average molecular weight is 248 g/mol. The molecule has 0 saturated heterocycles. The van der Waals surface area contributed by atoms with Gasteiger partial charge in [-0.3, -0.25) is 0 Å². The van der Waals surface area contributed by atoms with Crippen molar-refractivity contribution < 1.29 is 4.74 Å². The van der Waals surface area contributed by atoms with E-state index in [0.29, 0.717) is 6.04 Å². The zero-order chi connectivity index (χ0) is 12.3. The van der Waals surface area contributed by atoms with Gasteiger partial charge in [-0.1, -0.05) is 0 Å². The molecule has 0 fully saturated rings. The summed E-state index contributed by atoms with van der Waals surface area (Å²) in [7, 11) is 3.61. The quantitative estimate of drug-likeness (QED) is 0.902. The molecule has 0 aliphatic rings. The van der Waals surface area contributed by atoms with Crippen LogP contribution in [0.2, 0.25) is 0 Å². The number of hydrogen-bond donors (Lipinski definition) is 1. The molecule has 0 radical (unpaired) electrons. The largest absolute Gasteiger partial charge is 0.497 e. The highest BCUT2D eigenvalue weighted by Gasteiger charge is 2.09. The Morgan fingerprint density at radius 2 is 2.00 bits per heavy atom. The third-order valence-corrected chi connectivity index (χ3v) is 3.74. The minimum Gasteiger partial charge on any atom is -0.497 e. The van der Waals surface area contributed by atoms with E-state index in [1.54, 1.807) is 18.4 Å². The molecule has 1 heterocycles. The predicted octanol–water partition coefficient (Wildman–Crippen LogP) is 3.10. The lowest BCUT2D eigenvalue weighted by atomic mass is 10.2. The number of nitrogens with zero attached hydrogens (tertiary/aromatic N) is 1. The van der Waals surface area contributed by atoms with E-state index in [4.69, 9.17) is 4.74 Å². The summed E-state index contributed by atoms with van der Waals surface area (Å²) < 4.78 is 5.14. The fourth-order valence-electron chi connectivity index (χ4n) is 1.50. The van der Waals surface area contributed by atoms with E-state index in [0.717, 1.165) is 22.0 Å². The topological polar surface area (TPSA) is 34.2 Å². The fourth-order valence-corrected chi connectivity index (χ4v) is 2.40. The molecule has 2 rings (SSSR count). The Hall–Kier alpha value is -1.39. The summed E-state index contributed by atoms with van der Waals surface area (Å²) in [5.74, 6) is 0.868. The maximum atomic E-state index is 5.14. The third kappa shape index (κ3) is 2.65. The standard InChI is InChI=1S/C13H16N2OS/c1-9(14-2)13-15-12(8-17-13)10-4-6-11(16-3)7-5-10/h4-9,14H,1-3H3. The molecular formula is C13H16N2OS. The van der Waals surface area contributed by atoms with Crippen LogP contribution < -0.4 is 10.1 Å². The van der Waals surface area contributed by atoms with Crippen LogP contribution in [0.4, 0.5) is 0 Å². The van der Waals surface area contributed by atoms with Crippen LogP contribution >= 0.6 is 11.3 Å². The Labute approximate surface area is 105 Å². The van der Waals surface area contributed by atoms with Crippen molar-refractivity contribution in [2.75, 3.05) is 14.2 Å². The van der Waals surface area contributed by atoms with Crippen molar-refractivity contribution in [3.05, 3.63) is 34.7 Å². The van der Waals surface area contributed by atoms with Gasteiger partial charge in [-0.25, -0.2) is 4.98 Å². The van der Waals surface area contributed by atoms with Gasteiger partial charge in [0, 0.05) is 10.9 Å². The van der Waals surface area contributed by atoms with Crippen LogP contribution in [0.3, 0.4) is 0 Å². The van der Waals surface area contributed by atoms with Gasteiger partial charge in [0.25, 0.3) is 0 Å². The molecule has 3 nitrogen and oxygen atoms in total. The van der Waals surface area contributed by atoms with E-state index >= 15 is 0 Å². The molecular weight excluding hydrogens is 232 g/mol. The zero-order valence-electron chi connectivity index (χ0n) is 10.2. The second-order valence-electron chi connectivity index (χ2n) is 3.81. The van der Waals surface area contributed by atoms with Crippen LogP contribution in [0, 0.1) is 0 Å². The third-order valence-electron chi connectivity index (χ3n) is 2.71. The number of hydrogen-bond acceptors (Lipinski definition) is 4. The number of ether oxygens (including phenoxy) is 1. The Morgan fingerprint density at radius 1 is 1.29 bits per heavy atom. The summed E-state index contributed by atoms with van der Waals surface area (Å²) in [6.07, 6.45) is 0. The number of methoxy groups -OCH3 is 1. The smallest absolute Gasteiger partial charge is 0.118 e. The second-order valence-corrected chi connectivity index (χ2v) is 4.70. The molecule has 1 aromatic carbocycles. The van der Waals surface area contributed by atoms with Crippen molar-refractivity contribution in [1.29, 1.82) is 0 Å². The Bertz CT molecular complexity index is 478. The van der Waals surface area contributed by atoms with Gasteiger partial charge in [0.15, 0.2) is 0 Å². The van der Waals surface area contributed by atoms with Crippen LogP contribution in [0.5, 0.6) is 5.75 Å². The van der Waals surface area contributed by atoms with Gasteiger partial charge in [0.2, 0.25) is 0 Å². The summed E-state index contributed by atoms with van der Waals surface area (Å²) >= 11 is 1.68. The van der Waals surface area contributed by atoms with Crippen LogP contribution in [-0.2, 0) is 0 Å².